The maximum atomic E-state index is 12.7. The van der Waals surface area contributed by atoms with Crippen molar-refractivity contribution >= 4 is 11.9 Å². The van der Waals surface area contributed by atoms with Crippen molar-refractivity contribution in [3.63, 3.8) is 0 Å². The van der Waals surface area contributed by atoms with Crippen molar-refractivity contribution in [1.82, 2.24) is 20.7 Å². The summed E-state index contributed by atoms with van der Waals surface area (Å²) in [6.07, 6.45) is 4.06. The van der Waals surface area contributed by atoms with Crippen LogP contribution in [0.25, 0.3) is 0 Å². The molecule has 1 amide bonds. The fourth-order valence-corrected chi connectivity index (χ4v) is 3.42. The lowest BCUT2D eigenvalue weighted by Crippen LogP contribution is -2.49. The number of aliphatic imine (C=N–C) groups is 1. The maximum absolute atomic E-state index is 12.7. The fraction of sp³-hybridized carbons (Fsp3) is 0.737. The van der Waals surface area contributed by atoms with Gasteiger partial charge in [0.15, 0.2) is 11.7 Å². The summed E-state index contributed by atoms with van der Waals surface area (Å²) in [5.74, 6) is 1.98. The van der Waals surface area contributed by atoms with Gasteiger partial charge in [-0.05, 0) is 25.7 Å². The van der Waals surface area contributed by atoms with Gasteiger partial charge in [0.1, 0.15) is 6.54 Å². The Kier molecular flexibility index (Phi) is 7.06. The predicted octanol–water partition coefficient (Wildman–Crippen LogP) is 2.50. The molecule has 0 atom stereocenters. The lowest BCUT2D eigenvalue weighted by Gasteiger charge is -2.31. The Hall–Kier alpha value is -2.05. The van der Waals surface area contributed by atoms with Crippen molar-refractivity contribution in [3.05, 3.63) is 17.5 Å². The monoisotopic (exact) mass is 363 g/mol. The lowest BCUT2D eigenvalue weighted by molar-refractivity contribution is -0.138. The molecular formula is C19H33N5O2. The second-order valence-electron chi connectivity index (χ2n) is 7.61. The third-order valence-electron chi connectivity index (χ3n) is 4.92. The van der Waals surface area contributed by atoms with Crippen LogP contribution in [0.4, 0.5) is 0 Å². The zero-order chi connectivity index (χ0) is 19.2. The second kappa shape index (κ2) is 9.05. The van der Waals surface area contributed by atoms with Crippen LogP contribution in [0.3, 0.4) is 0 Å². The van der Waals surface area contributed by atoms with Crippen LogP contribution in [0.15, 0.2) is 15.6 Å². The molecule has 2 N–H and O–H groups in total. The van der Waals surface area contributed by atoms with E-state index in [-0.39, 0.29) is 11.3 Å². The summed E-state index contributed by atoms with van der Waals surface area (Å²) in [5, 5.41) is 10.7. The van der Waals surface area contributed by atoms with Gasteiger partial charge in [-0.2, -0.15) is 0 Å². The number of amides is 1. The van der Waals surface area contributed by atoms with E-state index in [4.69, 9.17) is 4.52 Å². The van der Waals surface area contributed by atoms with E-state index in [0.717, 1.165) is 43.7 Å². The molecule has 1 aromatic rings. The molecule has 0 aromatic carbocycles. The number of hydrogen-bond acceptors (Lipinski definition) is 4. The van der Waals surface area contributed by atoms with E-state index in [2.05, 4.69) is 34.6 Å². The quantitative estimate of drug-likeness (QED) is 0.574. The van der Waals surface area contributed by atoms with E-state index in [1.54, 1.807) is 4.90 Å². The minimum Gasteiger partial charge on any atom is -0.359 e. The second-order valence-corrected chi connectivity index (χ2v) is 7.61. The number of hydrogen-bond donors (Lipinski definition) is 2. The highest BCUT2D eigenvalue weighted by Crippen LogP contribution is 2.38. The van der Waals surface area contributed by atoms with Gasteiger partial charge in [0.25, 0.3) is 0 Å². The molecule has 26 heavy (non-hydrogen) atoms. The fourth-order valence-electron chi connectivity index (χ4n) is 3.42. The van der Waals surface area contributed by atoms with Crippen LogP contribution in [-0.2, 0) is 11.3 Å². The van der Waals surface area contributed by atoms with Gasteiger partial charge in [-0.15, -0.1) is 0 Å². The van der Waals surface area contributed by atoms with Gasteiger partial charge in [0.05, 0.1) is 11.1 Å². The maximum Gasteiger partial charge on any atom is 0.230 e. The van der Waals surface area contributed by atoms with E-state index in [1.807, 2.05) is 27.1 Å². The predicted molar refractivity (Wildman–Crippen MR) is 103 cm³/mol. The van der Waals surface area contributed by atoms with E-state index >= 15 is 0 Å². The standard InChI is InChI=1S/C19H33N5O2/c1-6-20-18(21-12-15-11-16(14(2)3)23-26-15)22-13-19(9-7-8-10-19)17(25)24(4)5/h11,14H,6-10,12-13H2,1-5H3,(H2,20,21,22). The zero-order valence-corrected chi connectivity index (χ0v) is 16.8. The third kappa shape index (κ3) is 4.99. The highest BCUT2D eigenvalue weighted by molar-refractivity contribution is 5.85. The Morgan fingerprint density at radius 1 is 1.35 bits per heavy atom. The lowest BCUT2D eigenvalue weighted by atomic mass is 9.84. The van der Waals surface area contributed by atoms with E-state index in [1.165, 1.54) is 0 Å². The van der Waals surface area contributed by atoms with Gasteiger partial charge in [-0.25, -0.2) is 4.99 Å². The van der Waals surface area contributed by atoms with Crippen molar-refractivity contribution in [3.8, 4) is 0 Å². The Morgan fingerprint density at radius 3 is 2.58 bits per heavy atom. The molecule has 146 valence electrons. The molecular weight excluding hydrogens is 330 g/mol. The minimum atomic E-state index is -0.323. The molecule has 7 heteroatoms. The molecule has 1 aliphatic carbocycles. The summed E-state index contributed by atoms with van der Waals surface area (Å²) in [7, 11) is 3.66. The summed E-state index contributed by atoms with van der Waals surface area (Å²) < 4.78 is 5.35. The van der Waals surface area contributed by atoms with Crippen LogP contribution < -0.4 is 10.6 Å². The number of nitrogens with zero attached hydrogens (tertiary/aromatic N) is 3. The average molecular weight is 364 g/mol. The molecule has 7 nitrogen and oxygen atoms in total. The minimum absolute atomic E-state index is 0.204. The molecule has 0 radical (unpaired) electrons. The van der Waals surface area contributed by atoms with Crippen LogP contribution in [0.5, 0.6) is 0 Å². The molecule has 1 aromatic heterocycles. The Bertz CT molecular complexity index is 615. The van der Waals surface area contributed by atoms with Crippen molar-refractivity contribution in [2.75, 3.05) is 27.2 Å². The number of guanidine groups is 1. The van der Waals surface area contributed by atoms with Gasteiger partial charge < -0.3 is 20.1 Å². The molecule has 1 saturated carbocycles. The Labute approximate surface area is 156 Å². The molecule has 0 saturated heterocycles. The van der Waals surface area contributed by atoms with Crippen molar-refractivity contribution < 1.29 is 9.32 Å². The molecule has 0 spiro atoms. The number of carbonyl (C=O) groups excluding carboxylic acids is 1. The van der Waals surface area contributed by atoms with Gasteiger partial charge in [0.2, 0.25) is 5.91 Å². The number of rotatable bonds is 7. The first-order chi connectivity index (χ1) is 12.4. The van der Waals surface area contributed by atoms with Crippen molar-refractivity contribution in [2.24, 2.45) is 10.4 Å². The first-order valence-electron chi connectivity index (χ1n) is 9.57. The van der Waals surface area contributed by atoms with E-state index in [9.17, 15) is 4.79 Å². The highest BCUT2D eigenvalue weighted by Gasteiger charge is 2.42. The normalized spacial score (nSPS) is 16.8. The smallest absolute Gasteiger partial charge is 0.230 e. The number of nitrogens with one attached hydrogen (secondary N) is 2. The summed E-state index contributed by atoms with van der Waals surface area (Å²) in [5.41, 5.74) is 0.617. The molecule has 0 unspecified atom stereocenters. The van der Waals surface area contributed by atoms with Crippen molar-refractivity contribution in [1.29, 1.82) is 0 Å². The molecule has 1 heterocycles. The van der Waals surface area contributed by atoms with E-state index < -0.39 is 0 Å². The van der Waals surface area contributed by atoms with Crippen LogP contribution >= 0.6 is 0 Å². The number of carbonyl (C=O) groups is 1. The first-order valence-corrected chi connectivity index (χ1v) is 9.57. The molecule has 0 bridgehead atoms. The van der Waals surface area contributed by atoms with Gasteiger partial charge in [-0.1, -0.05) is 31.8 Å². The van der Waals surface area contributed by atoms with Crippen molar-refractivity contribution in [2.45, 2.75) is 58.9 Å². The largest absolute Gasteiger partial charge is 0.359 e. The molecule has 0 aliphatic heterocycles. The Balaban J connectivity index is 2.02. The van der Waals surface area contributed by atoms with Crippen LogP contribution in [0, 0.1) is 5.41 Å². The zero-order valence-electron chi connectivity index (χ0n) is 16.8. The number of aromatic nitrogens is 1. The highest BCUT2D eigenvalue weighted by atomic mass is 16.5. The molecule has 1 aliphatic rings. The van der Waals surface area contributed by atoms with Crippen LogP contribution in [0.2, 0.25) is 0 Å². The van der Waals surface area contributed by atoms with Gasteiger partial charge >= 0.3 is 0 Å². The first kappa shape index (κ1) is 20.3. The van der Waals surface area contributed by atoms with Crippen LogP contribution in [0.1, 0.15) is 63.8 Å². The average Bonchev–Trinajstić information content (AvgIpc) is 3.26. The topological polar surface area (TPSA) is 82.8 Å². The van der Waals surface area contributed by atoms with Gasteiger partial charge in [-0.3, -0.25) is 4.79 Å². The summed E-state index contributed by atoms with van der Waals surface area (Å²) in [4.78, 5) is 19.0. The van der Waals surface area contributed by atoms with Gasteiger partial charge in [0, 0.05) is 33.3 Å². The third-order valence-corrected chi connectivity index (χ3v) is 4.92. The van der Waals surface area contributed by atoms with E-state index in [0.29, 0.717) is 25.0 Å². The Morgan fingerprint density at radius 2 is 2.04 bits per heavy atom. The summed E-state index contributed by atoms with van der Waals surface area (Å²) in [6.45, 7) is 7.97. The molecule has 1 fully saturated rings. The van der Waals surface area contributed by atoms with Crippen LogP contribution in [-0.4, -0.2) is 49.1 Å². The SMILES string of the molecule is CCNC(=NCc1cc(C(C)C)no1)NCC1(C(=O)N(C)C)CCCC1. The summed E-state index contributed by atoms with van der Waals surface area (Å²) >= 11 is 0. The molecule has 2 rings (SSSR count). The summed E-state index contributed by atoms with van der Waals surface area (Å²) in [6, 6.07) is 1.95.